The van der Waals surface area contributed by atoms with Gasteiger partial charge >= 0.3 is 0 Å². The lowest BCUT2D eigenvalue weighted by molar-refractivity contribution is -0.141. The monoisotopic (exact) mass is 563 g/mol. The van der Waals surface area contributed by atoms with Gasteiger partial charge in [0.05, 0.1) is 4.90 Å². The molecule has 0 saturated heterocycles. The molecule has 0 spiro atoms. The molecule has 0 bridgehead atoms. The molecule has 0 saturated carbocycles. The van der Waals surface area contributed by atoms with E-state index in [1.165, 1.54) is 11.4 Å². The van der Waals surface area contributed by atoms with Gasteiger partial charge in [0.2, 0.25) is 21.8 Å². The summed E-state index contributed by atoms with van der Waals surface area (Å²) < 4.78 is 27.1. The Morgan fingerprint density at radius 2 is 1.52 bits per heavy atom. The molecule has 1 atom stereocenters. The first-order valence-corrected chi connectivity index (χ1v) is 15.3. The fourth-order valence-electron chi connectivity index (χ4n) is 4.56. The highest BCUT2D eigenvalue weighted by Gasteiger charge is 2.30. The Kier molecular flexibility index (Phi) is 11.9. The van der Waals surface area contributed by atoms with Crippen LogP contribution in [0.3, 0.4) is 0 Å². The summed E-state index contributed by atoms with van der Waals surface area (Å²) >= 11 is 0. The average molecular weight is 564 g/mol. The normalized spacial score (nSPS) is 12.2. The number of amides is 2. The number of carbonyl (C=O) groups is 2. The summed E-state index contributed by atoms with van der Waals surface area (Å²) in [7, 11) is -2.12. The zero-order valence-electron chi connectivity index (χ0n) is 23.8. The third-order valence-electron chi connectivity index (χ3n) is 6.85. The van der Waals surface area contributed by atoms with Gasteiger partial charge in [-0.25, -0.2) is 12.7 Å². The van der Waals surface area contributed by atoms with Crippen molar-refractivity contribution in [2.75, 3.05) is 20.1 Å². The van der Waals surface area contributed by atoms with E-state index in [9.17, 15) is 18.0 Å². The summed E-state index contributed by atoms with van der Waals surface area (Å²) in [5.74, 6) is -0.360. The van der Waals surface area contributed by atoms with E-state index in [2.05, 4.69) is 12.2 Å². The van der Waals surface area contributed by atoms with Crippen molar-refractivity contribution < 1.29 is 18.0 Å². The zero-order chi connectivity index (χ0) is 29.0. The lowest BCUT2D eigenvalue weighted by Crippen LogP contribution is -2.50. The molecule has 0 aliphatic rings. The van der Waals surface area contributed by atoms with E-state index in [0.717, 1.165) is 29.5 Å². The smallest absolute Gasteiger partial charge is 0.243 e. The largest absolute Gasteiger partial charge is 0.354 e. The predicted octanol–water partition coefficient (Wildman–Crippen LogP) is 4.95. The van der Waals surface area contributed by atoms with Gasteiger partial charge in [-0.3, -0.25) is 9.59 Å². The molecule has 2 amide bonds. The number of benzene rings is 3. The first kappa shape index (κ1) is 31.0. The van der Waals surface area contributed by atoms with Gasteiger partial charge in [0.25, 0.3) is 0 Å². The molecule has 0 radical (unpaired) electrons. The van der Waals surface area contributed by atoms with E-state index >= 15 is 0 Å². The number of carbonyl (C=O) groups excluding carboxylic acids is 2. The van der Waals surface area contributed by atoms with E-state index in [1.54, 1.807) is 35.2 Å². The van der Waals surface area contributed by atoms with E-state index < -0.39 is 16.1 Å². The molecule has 0 aliphatic carbocycles. The second kappa shape index (κ2) is 15.3. The fourth-order valence-corrected chi connectivity index (χ4v) is 5.79. The average Bonchev–Trinajstić information content (AvgIpc) is 2.95. The highest BCUT2D eigenvalue weighted by Crippen LogP contribution is 2.19. The summed E-state index contributed by atoms with van der Waals surface area (Å²) in [6.45, 7) is 5.09. The fraction of sp³-hybridized carbons (Fsp3) is 0.375. The van der Waals surface area contributed by atoms with Gasteiger partial charge in [0.15, 0.2) is 0 Å². The van der Waals surface area contributed by atoms with E-state index in [-0.39, 0.29) is 36.2 Å². The lowest BCUT2D eigenvalue weighted by atomic mass is 10.0. The maximum absolute atomic E-state index is 13.8. The van der Waals surface area contributed by atoms with Crippen LogP contribution in [0.25, 0.3) is 0 Å². The number of hydrogen-bond acceptors (Lipinski definition) is 4. The van der Waals surface area contributed by atoms with E-state index in [1.807, 2.05) is 61.5 Å². The predicted molar refractivity (Wildman–Crippen MR) is 159 cm³/mol. The standard InChI is InChI=1S/C32H41N3O4S/c1-4-5-21-33-32(37)30(24-27-15-8-6-9-16-27)35(25-28-17-12-14-26(2)23-28)31(36)20-13-22-34(3)40(38,39)29-18-10-7-11-19-29/h6-12,14-19,23,30H,4-5,13,20-22,24-25H2,1-3H3,(H,33,37)/t30-/m0/s1. The quantitative estimate of drug-likeness (QED) is 0.265. The van der Waals surface area contributed by atoms with Crippen LogP contribution in [-0.2, 0) is 32.6 Å². The Labute approximate surface area is 239 Å². The van der Waals surface area contributed by atoms with Crippen LogP contribution in [0.2, 0.25) is 0 Å². The van der Waals surface area contributed by atoms with Gasteiger partial charge < -0.3 is 10.2 Å². The third-order valence-corrected chi connectivity index (χ3v) is 8.72. The van der Waals surface area contributed by atoms with Crippen LogP contribution in [0.1, 0.15) is 49.3 Å². The number of nitrogens with zero attached hydrogens (tertiary/aromatic N) is 2. The number of rotatable bonds is 15. The maximum atomic E-state index is 13.8. The summed E-state index contributed by atoms with van der Waals surface area (Å²) in [5.41, 5.74) is 2.98. The van der Waals surface area contributed by atoms with Gasteiger partial charge in [-0.15, -0.1) is 0 Å². The molecule has 40 heavy (non-hydrogen) atoms. The topological polar surface area (TPSA) is 86.8 Å². The van der Waals surface area contributed by atoms with Gasteiger partial charge in [-0.05, 0) is 43.0 Å². The van der Waals surface area contributed by atoms with Crippen molar-refractivity contribution in [2.45, 2.75) is 63.4 Å². The van der Waals surface area contributed by atoms with Gasteiger partial charge in [-0.1, -0.05) is 91.7 Å². The molecular weight excluding hydrogens is 522 g/mol. The summed E-state index contributed by atoms with van der Waals surface area (Å²) in [4.78, 5) is 29.2. The Hall–Kier alpha value is -3.49. The molecule has 0 aromatic heterocycles. The minimum absolute atomic E-state index is 0.119. The van der Waals surface area contributed by atoms with Crippen LogP contribution in [0, 0.1) is 6.92 Å². The van der Waals surface area contributed by atoms with Crippen LogP contribution in [-0.4, -0.2) is 55.6 Å². The van der Waals surface area contributed by atoms with Crippen LogP contribution in [0.15, 0.2) is 89.8 Å². The zero-order valence-corrected chi connectivity index (χ0v) is 24.6. The highest BCUT2D eigenvalue weighted by atomic mass is 32.2. The Morgan fingerprint density at radius 3 is 2.17 bits per heavy atom. The van der Waals surface area contributed by atoms with Gasteiger partial charge in [0.1, 0.15) is 6.04 Å². The summed E-state index contributed by atoms with van der Waals surface area (Å²) in [5, 5.41) is 3.03. The maximum Gasteiger partial charge on any atom is 0.243 e. The molecule has 7 nitrogen and oxygen atoms in total. The van der Waals surface area contributed by atoms with Crippen molar-refractivity contribution in [1.29, 1.82) is 0 Å². The molecule has 1 N–H and O–H groups in total. The molecule has 3 aromatic rings. The van der Waals surface area contributed by atoms with Crippen LogP contribution >= 0.6 is 0 Å². The molecule has 0 unspecified atom stereocenters. The minimum atomic E-state index is -3.65. The Morgan fingerprint density at radius 1 is 0.875 bits per heavy atom. The molecule has 8 heteroatoms. The first-order valence-electron chi connectivity index (χ1n) is 13.9. The van der Waals surface area contributed by atoms with Crippen molar-refractivity contribution in [3.63, 3.8) is 0 Å². The number of hydrogen-bond donors (Lipinski definition) is 1. The van der Waals surface area contributed by atoms with Crippen molar-refractivity contribution in [2.24, 2.45) is 0 Å². The van der Waals surface area contributed by atoms with Gasteiger partial charge in [0, 0.05) is 39.5 Å². The number of aryl methyl sites for hydroxylation is 1. The molecular formula is C32H41N3O4S. The van der Waals surface area contributed by atoms with Crippen molar-refractivity contribution in [3.8, 4) is 0 Å². The minimum Gasteiger partial charge on any atom is -0.354 e. The number of unbranched alkanes of at least 4 members (excludes halogenated alkanes) is 1. The third kappa shape index (κ3) is 9.03. The van der Waals surface area contributed by atoms with Crippen LogP contribution in [0.4, 0.5) is 0 Å². The second-order valence-electron chi connectivity index (χ2n) is 10.1. The van der Waals surface area contributed by atoms with Gasteiger partial charge in [-0.2, -0.15) is 0 Å². The Balaban J connectivity index is 1.81. The lowest BCUT2D eigenvalue weighted by Gasteiger charge is -2.32. The van der Waals surface area contributed by atoms with E-state index in [0.29, 0.717) is 19.4 Å². The van der Waals surface area contributed by atoms with Crippen LogP contribution in [0.5, 0.6) is 0 Å². The molecule has 0 aliphatic heterocycles. The highest BCUT2D eigenvalue weighted by molar-refractivity contribution is 7.89. The molecule has 3 rings (SSSR count). The SMILES string of the molecule is CCCCNC(=O)[C@H](Cc1ccccc1)N(Cc1cccc(C)c1)C(=O)CCCN(C)S(=O)(=O)c1ccccc1. The Bertz CT molecular complexity index is 1330. The first-order chi connectivity index (χ1) is 19.2. The molecule has 3 aromatic carbocycles. The molecule has 0 heterocycles. The van der Waals surface area contributed by atoms with E-state index in [4.69, 9.17) is 0 Å². The van der Waals surface area contributed by atoms with Crippen molar-refractivity contribution in [1.82, 2.24) is 14.5 Å². The van der Waals surface area contributed by atoms with Crippen molar-refractivity contribution >= 4 is 21.8 Å². The second-order valence-corrected chi connectivity index (χ2v) is 12.1. The molecule has 0 fully saturated rings. The summed E-state index contributed by atoms with van der Waals surface area (Å²) in [6, 6.07) is 25.2. The van der Waals surface area contributed by atoms with Crippen LogP contribution < -0.4 is 5.32 Å². The number of sulfonamides is 1. The summed E-state index contributed by atoms with van der Waals surface area (Å²) in [6.07, 6.45) is 2.65. The van der Waals surface area contributed by atoms with Crippen molar-refractivity contribution in [3.05, 3.63) is 102 Å². The number of nitrogens with one attached hydrogen (secondary N) is 1. The molecule has 214 valence electrons.